The largest absolute Gasteiger partial charge is 0.497 e. The second-order valence-corrected chi connectivity index (χ2v) is 6.63. The molecule has 4 heteroatoms. The van der Waals surface area contributed by atoms with E-state index >= 15 is 0 Å². The van der Waals surface area contributed by atoms with E-state index in [4.69, 9.17) is 4.74 Å². The SMILES string of the molecule is COc1cccc(NC2CCN(C(=O)Cc3ccccc3C)CC2)c1. The number of anilines is 1. The Kier molecular flexibility index (Phi) is 5.59. The summed E-state index contributed by atoms with van der Waals surface area (Å²) in [7, 11) is 1.68. The van der Waals surface area contributed by atoms with Gasteiger partial charge in [0.2, 0.25) is 5.91 Å². The highest BCUT2D eigenvalue weighted by atomic mass is 16.5. The molecule has 1 heterocycles. The highest BCUT2D eigenvalue weighted by molar-refractivity contribution is 5.79. The van der Waals surface area contributed by atoms with Crippen LogP contribution in [0.3, 0.4) is 0 Å². The maximum atomic E-state index is 12.6. The number of nitrogens with one attached hydrogen (secondary N) is 1. The maximum Gasteiger partial charge on any atom is 0.227 e. The summed E-state index contributed by atoms with van der Waals surface area (Å²) in [6.45, 7) is 3.69. The number of piperidine rings is 1. The summed E-state index contributed by atoms with van der Waals surface area (Å²) in [5.41, 5.74) is 3.39. The van der Waals surface area contributed by atoms with Crippen LogP contribution in [0.1, 0.15) is 24.0 Å². The first kappa shape index (κ1) is 17.3. The highest BCUT2D eigenvalue weighted by Gasteiger charge is 2.23. The molecule has 3 rings (SSSR count). The molecule has 1 saturated heterocycles. The van der Waals surface area contributed by atoms with Gasteiger partial charge in [0.25, 0.3) is 0 Å². The highest BCUT2D eigenvalue weighted by Crippen LogP contribution is 2.21. The van der Waals surface area contributed by atoms with Gasteiger partial charge in [-0.25, -0.2) is 0 Å². The molecule has 2 aromatic rings. The van der Waals surface area contributed by atoms with Crippen molar-refractivity contribution in [3.8, 4) is 5.75 Å². The number of aryl methyl sites for hydroxylation is 1. The molecule has 1 aliphatic heterocycles. The molecule has 1 fully saturated rings. The molecule has 0 atom stereocenters. The summed E-state index contributed by atoms with van der Waals surface area (Å²) in [5.74, 6) is 1.09. The number of methoxy groups -OCH3 is 1. The number of rotatable bonds is 5. The summed E-state index contributed by atoms with van der Waals surface area (Å²) in [5, 5.41) is 3.56. The number of carbonyl (C=O) groups excluding carboxylic acids is 1. The van der Waals surface area contributed by atoms with E-state index in [1.54, 1.807) is 7.11 Å². The van der Waals surface area contributed by atoms with E-state index in [9.17, 15) is 4.79 Å². The lowest BCUT2D eigenvalue weighted by Crippen LogP contribution is -2.43. The minimum absolute atomic E-state index is 0.231. The molecule has 0 spiro atoms. The second kappa shape index (κ2) is 8.06. The van der Waals surface area contributed by atoms with Crippen molar-refractivity contribution in [2.24, 2.45) is 0 Å². The fourth-order valence-corrected chi connectivity index (χ4v) is 3.30. The number of likely N-dealkylation sites (tertiary alicyclic amines) is 1. The van der Waals surface area contributed by atoms with Gasteiger partial charge in [-0.05, 0) is 43.0 Å². The van der Waals surface area contributed by atoms with Gasteiger partial charge in [-0.3, -0.25) is 4.79 Å². The summed E-state index contributed by atoms with van der Waals surface area (Å²) in [4.78, 5) is 14.6. The standard InChI is InChI=1S/C21H26N2O2/c1-16-6-3-4-7-17(16)14-21(24)23-12-10-18(11-13-23)22-19-8-5-9-20(15-19)25-2/h3-9,15,18,22H,10-14H2,1-2H3. The van der Waals surface area contributed by atoms with Gasteiger partial charge in [0, 0.05) is 30.9 Å². The molecule has 0 bridgehead atoms. The molecule has 0 unspecified atom stereocenters. The molecule has 1 amide bonds. The number of hydrogen-bond acceptors (Lipinski definition) is 3. The van der Waals surface area contributed by atoms with Crippen molar-refractivity contribution < 1.29 is 9.53 Å². The van der Waals surface area contributed by atoms with Crippen molar-refractivity contribution >= 4 is 11.6 Å². The van der Waals surface area contributed by atoms with Crippen LogP contribution in [-0.2, 0) is 11.2 Å². The summed E-state index contributed by atoms with van der Waals surface area (Å²) >= 11 is 0. The molecule has 0 aromatic heterocycles. The zero-order chi connectivity index (χ0) is 17.6. The van der Waals surface area contributed by atoms with E-state index in [0.29, 0.717) is 12.5 Å². The van der Waals surface area contributed by atoms with Crippen LogP contribution in [0.25, 0.3) is 0 Å². The van der Waals surface area contributed by atoms with Gasteiger partial charge >= 0.3 is 0 Å². The molecule has 4 nitrogen and oxygen atoms in total. The van der Waals surface area contributed by atoms with Crippen LogP contribution in [0.4, 0.5) is 5.69 Å². The Bertz CT molecular complexity index is 721. The Hall–Kier alpha value is -2.49. The second-order valence-electron chi connectivity index (χ2n) is 6.63. The van der Waals surface area contributed by atoms with E-state index in [2.05, 4.69) is 24.4 Å². The van der Waals surface area contributed by atoms with Crippen LogP contribution in [0.5, 0.6) is 5.75 Å². The van der Waals surface area contributed by atoms with Crippen molar-refractivity contribution in [1.29, 1.82) is 0 Å². The Morgan fingerprint density at radius 2 is 1.92 bits per heavy atom. The lowest BCUT2D eigenvalue weighted by Gasteiger charge is -2.33. The topological polar surface area (TPSA) is 41.6 Å². The van der Waals surface area contributed by atoms with Gasteiger partial charge in [-0.2, -0.15) is 0 Å². The zero-order valence-electron chi connectivity index (χ0n) is 15.0. The third-order valence-electron chi connectivity index (χ3n) is 4.89. The van der Waals surface area contributed by atoms with Crippen molar-refractivity contribution in [3.05, 3.63) is 59.7 Å². The lowest BCUT2D eigenvalue weighted by atomic mass is 10.0. The third-order valence-corrected chi connectivity index (χ3v) is 4.89. The smallest absolute Gasteiger partial charge is 0.227 e. The molecule has 1 N–H and O–H groups in total. The summed E-state index contributed by atoms with van der Waals surface area (Å²) in [6, 6.07) is 16.5. The van der Waals surface area contributed by atoms with E-state index in [0.717, 1.165) is 42.9 Å². The normalized spacial score (nSPS) is 15.0. The predicted octanol–water partition coefficient (Wildman–Crippen LogP) is 3.65. The van der Waals surface area contributed by atoms with Crippen LogP contribution in [-0.4, -0.2) is 37.0 Å². The number of amides is 1. The van der Waals surface area contributed by atoms with Gasteiger partial charge in [0.1, 0.15) is 5.75 Å². The van der Waals surface area contributed by atoms with Crippen molar-refractivity contribution in [2.45, 2.75) is 32.2 Å². The Balaban J connectivity index is 1.51. The number of benzene rings is 2. The molecule has 0 saturated carbocycles. The van der Waals surface area contributed by atoms with E-state index in [-0.39, 0.29) is 5.91 Å². The molecule has 0 aliphatic carbocycles. The lowest BCUT2D eigenvalue weighted by molar-refractivity contribution is -0.131. The summed E-state index contributed by atoms with van der Waals surface area (Å²) < 4.78 is 5.27. The predicted molar refractivity (Wildman–Crippen MR) is 101 cm³/mol. The molecular formula is C21H26N2O2. The van der Waals surface area contributed by atoms with Gasteiger partial charge in [0.15, 0.2) is 0 Å². The Morgan fingerprint density at radius 1 is 1.16 bits per heavy atom. The number of nitrogens with zero attached hydrogens (tertiary/aromatic N) is 1. The molecular weight excluding hydrogens is 312 g/mol. The van der Waals surface area contributed by atoms with Gasteiger partial charge in [-0.15, -0.1) is 0 Å². The van der Waals surface area contributed by atoms with Crippen LogP contribution < -0.4 is 10.1 Å². The first-order valence-corrected chi connectivity index (χ1v) is 8.88. The van der Waals surface area contributed by atoms with Crippen molar-refractivity contribution in [1.82, 2.24) is 4.90 Å². The van der Waals surface area contributed by atoms with Gasteiger partial charge in [-0.1, -0.05) is 30.3 Å². The summed E-state index contributed by atoms with van der Waals surface area (Å²) in [6.07, 6.45) is 2.44. The van der Waals surface area contributed by atoms with Crippen LogP contribution in [0, 0.1) is 6.92 Å². The zero-order valence-corrected chi connectivity index (χ0v) is 15.0. The molecule has 25 heavy (non-hydrogen) atoms. The first-order valence-electron chi connectivity index (χ1n) is 8.88. The first-order chi connectivity index (χ1) is 12.2. The van der Waals surface area contributed by atoms with Crippen LogP contribution >= 0.6 is 0 Å². The van der Waals surface area contributed by atoms with E-state index < -0.39 is 0 Å². The Labute approximate surface area is 149 Å². The van der Waals surface area contributed by atoms with Crippen LogP contribution in [0.2, 0.25) is 0 Å². The molecule has 2 aromatic carbocycles. The number of hydrogen-bond donors (Lipinski definition) is 1. The fourth-order valence-electron chi connectivity index (χ4n) is 3.30. The number of ether oxygens (including phenoxy) is 1. The quantitative estimate of drug-likeness (QED) is 0.905. The molecule has 1 aliphatic rings. The van der Waals surface area contributed by atoms with Gasteiger partial charge < -0.3 is 15.0 Å². The average Bonchev–Trinajstić information content (AvgIpc) is 2.64. The molecule has 0 radical (unpaired) electrons. The van der Waals surface area contributed by atoms with Gasteiger partial charge in [0.05, 0.1) is 13.5 Å². The molecule has 132 valence electrons. The Morgan fingerprint density at radius 3 is 2.64 bits per heavy atom. The fraction of sp³-hybridized carbons (Fsp3) is 0.381. The van der Waals surface area contributed by atoms with Crippen molar-refractivity contribution in [3.63, 3.8) is 0 Å². The minimum Gasteiger partial charge on any atom is -0.497 e. The van der Waals surface area contributed by atoms with E-state index in [1.165, 1.54) is 5.56 Å². The van der Waals surface area contributed by atoms with E-state index in [1.807, 2.05) is 41.3 Å². The maximum absolute atomic E-state index is 12.6. The minimum atomic E-state index is 0.231. The average molecular weight is 338 g/mol. The third kappa shape index (κ3) is 4.53. The van der Waals surface area contributed by atoms with Crippen LogP contribution in [0.15, 0.2) is 48.5 Å². The number of carbonyl (C=O) groups is 1. The monoisotopic (exact) mass is 338 g/mol. The van der Waals surface area contributed by atoms with Crippen molar-refractivity contribution in [2.75, 3.05) is 25.5 Å².